The van der Waals surface area contributed by atoms with Gasteiger partial charge in [-0.3, -0.25) is 9.59 Å². The first-order valence-electron chi connectivity index (χ1n) is 13.8. The lowest BCUT2D eigenvalue weighted by Gasteiger charge is -2.25. The van der Waals surface area contributed by atoms with Crippen molar-refractivity contribution >= 4 is 69.7 Å². The average molecular weight is 613 g/mol. The van der Waals surface area contributed by atoms with Crippen LogP contribution < -0.4 is 25.4 Å². The molecule has 1 aliphatic rings. The summed E-state index contributed by atoms with van der Waals surface area (Å²) in [5.74, 6) is 1.02. The van der Waals surface area contributed by atoms with E-state index in [1.165, 1.54) is 18.4 Å². The van der Waals surface area contributed by atoms with Gasteiger partial charge in [0.25, 0.3) is 11.8 Å². The van der Waals surface area contributed by atoms with Crippen LogP contribution in [0.2, 0.25) is 0 Å². The van der Waals surface area contributed by atoms with Crippen molar-refractivity contribution in [3.05, 3.63) is 52.5 Å². The molecule has 5 rings (SSSR count). The Bertz CT molecular complexity index is 1650. The number of hydrogen-bond donors (Lipinski definition) is 3. The first kappa shape index (κ1) is 30.8. The molecule has 0 saturated carbocycles. The van der Waals surface area contributed by atoms with Gasteiger partial charge in [0.1, 0.15) is 23.5 Å². The standard InChI is InChI=1S/C26H30B3N9O5S/c1-41-20-7-6-18(34-36-20)32-19-12-16(21(37-35-19)23(39)33-26(27,28)29)30-15-5-3-4-14(22(15)42-2)17-13-44-24(31-17)25(40)38-8-10-43-11-9-38/h3-7,12-13H,8-11,27-29H2,1-2H3,(H,33,39)(H2,30,32,34,35). The predicted octanol–water partition coefficient (Wildman–Crippen LogP) is -0.393. The van der Waals surface area contributed by atoms with Crippen molar-refractivity contribution in [2.24, 2.45) is 0 Å². The fourth-order valence-electron chi connectivity index (χ4n) is 4.34. The molecule has 0 unspecified atom stereocenters. The minimum absolute atomic E-state index is 0.0748. The Balaban J connectivity index is 1.47. The van der Waals surface area contributed by atoms with Gasteiger partial charge in [0.15, 0.2) is 28.1 Å². The Hall–Kier alpha value is -4.70. The van der Waals surface area contributed by atoms with Crippen LogP contribution in [0.3, 0.4) is 0 Å². The van der Waals surface area contributed by atoms with Crippen LogP contribution in [0.25, 0.3) is 11.3 Å². The summed E-state index contributed by atoms with van der Waals surface area (Å²) in [5, 5.41) is 27.4. The number of carbonyl (C=O) groups is 2. The molecule has 18 heteroatoms. The number of benzene rings is 1. The number of morpholine rings is 1. The van der Waals surface area contributed by atoms with Gasteiger partial charge in [-0.15, -0.1) is 31.7 Å². The van der Waals surface area contributed by atoms with Crippen molar-refractivity contribution in [3.63, 3.8) is 0 Å². The molecule has 2 amide bonds. The number of thiazole rings is 1. The van der Waals surface area contributed by atoms with Crippen molar-refractivity contribution in [2.75, 3.05) is 51.2 Å². The number of aromatic nitrogens is 5. The van der Waals surface area contributed by atoms with Gasteiger partial charge in [-0.1, -0.05) is 6.07 Å². The van der Waals surface area contributed by atoms with Crippen LogP contribution in [0.1, 0.15) is 20.3 Å². The van der Waals surface area contributed by atoms with Crippen molar-refractivity contribution in [1.29, 1.82) is 0 Å². The number of carbonyl (C=O) groups excluding carboxylic acids is 2. The van der Waals surface area contributed by atoms with Crippen molar-refractivity contribution in [2.45, 2.75) is 5.24 Å². The normalized spacial score (nSPS) is 13.2. The summed E-state index contributed by atoms with van der Waals surface area (Å²) < 4.78 is 16.3. The lowest BCUT2D eigenvalue weighted by molar-refractivity contribution is 0.0302. The van der Waals surface area contributed by atoms with Gasteiger partial charge in [0, 0.05) is 36.2 Å². The number of hydrogen-bond acceptors (Lipinski definition) is 13. The highest BCUT2D eigenvalue weighted by Crippen LogP contribution is 2.39. The summed E-state index contributed by atoms with van der Waals surface area (Å²) in [6.07, 6.45) is 0. The van der Waals surface area contributed by atoms with Crippen LogP contribution in [-0.2, 0) is 4.74 Å². The summed E-state index contributed by atoms with van der Waals surface area (Å²) in [7, 11) is 8.68. The fraction of sp³-hybridized carbons (Fsp3) is 0.269. The van der Waals surface area contributed by atoms with Gasteiger partial charge in [-0.25, -0.2) is 4.98 Å². The van der Waals surface area contributed by atoms with Crippen LogP contribution in [0, 0.1) is 0 Å². The molecule has 0 spiro atoms. The van der Waals surface area contributed by atoms with Crippen LogP contribution >= 0.6 is 11.3 Å². The first-order chi connectivity index (χ1) is 21.1. The highest BCUT2D eigenvalue weighted by atomic mass is 32.1. The number of nitrogens with one attached hydrogen (secondary N) is 3. The molecule has 1 aromatic carbocycles. The molecule has 0 bridgehead atoms. The quantitative estimate of drug-likeness (QED) is 0.199. The van der Waals surface area contributed by atoms with Crippen LogP contribution in [0.15, 0.2) is 41.8 Å². The van der Waals surface area contributed by atoms with E-state index in [0.717, 1.165) is 0 Å². The molecular formula is C26H30B3N9O5S. The van der Waals surface area contributed by atoms with Gasteiger partial charge in [-0.2, -0.15) is 0 Å². The van der Waals surface area contributed by atoms with Crippen LogP contribution in [0.5, 0.6) is 11.6 Å². The van der Waals surface area contributed by atoms with E-state index >= 15 is 0 Å². The van der Waals surface area contributed by atoms with E-state index in [4.69, 9.17) is 14.2 Å². The number of nitrogens with zero attached hydrogens (tertiary/aromatic N) is 6. The molecule has 0 radical (unpaired) electrons. The van der Waals surface area contributed by atoms with E-state index in [2.05, 4.69) is 41.3 Å². The molecule has 3 N–H and O–H groups in total. The summed E-state index contributed by atoms with van der Waals surface area (Å²) in [6.45, 7) is 2.08. The maximum Gasteiger partial charge on any atom is 0.283 e. The Morgan fingerprint density at radius 2 is 1.73 bits per heavy atom. The lowest BCUT2D eigenvalue weighted by atomic mass is 9.49. The fourth-order valence-corrected chi connectivity index (χ4v) is 5.13. The number of para-hydroxylation sites is 1. The van der Waals surface area contributed by atoms with E-state index in [-0.39, 0.29) is 11.6 Å². The smallest absolute Gasteiger partial charge is 0.283 e. The molecule has 1 saturated heterocycles. The Morgan fingerprint density at radius 3 is 2.41 bits per heavy atom. The Labute approximate surface area is 260 Å². The summed E-state index contributed by atoms with van der Waals surface area (Å²) in [5.41, 5.74) is 2.25. The predicted molar refractivity (Wildman–Crippen MR) is 174 cm³/mol. The number of ether oxygens (including phenoxy) is 3. The number of amides is 2. The Morgan fingerprint density at radius 1 is 0.955 bits per heavy atom. The highest BCUT2D eigenvalue weighted by molar-refractivity contribution is 7.12. The average Bonchev–Trinajstić information content (AvgIpc) is 3.51. The zero-order valence-electron chi connectivity index (χ0n) is 25.0. The molecule has 1 fully saturated rings. The third-order valence-electron chi connectivity index (χ3n) is 6.35. The second kappa shape index (κ2) is 13.3. The second-order valence-corrected chi connectivity index (χ2v) is 11.6. The largest absolute Gasteiger partial charge is 0.494 e. The number of rotatable bonds is 10. The molecule has 3 aromatic heterocycles. The molecule has 0 atom stereocenters. The van der Waals surface area contributed by atoms with Gasteiger partial charge in [0.05, 0.1) is 44.5 Å². The third-order valence-corrected chi connectivity index (χ3v) is 7.18. The van der Waals surface area contributed by atoms with Gasteiger partial charge in [-0.05, 0) is 23.4 Å². The second-order valence-electron chi connectivity index (χ2n) is 10.7. The Kier molecular flexibility index (Phi) is 9.30. The minimum Gasteiger partial charge on any atom is -0.494 e. The van der Waals surface area contributed by atoms with Crippen LogP contribution in [-0.4, -0.2) is 111 Å². The molecular weight excluding hydrogens is 583 g/mol. The van der Waals surface area contributed by atoms with Crippen molar-refractivity contribution < 1.29 is 23.8 Å². The molecule has 0 aliphatic carbocycles. The van der Waals surface area contributed by atoms with Crippen molar-refractivity contribution in [1.82, 2.24) is 35.6 Å². The van der Waals surface area contributed by atoms with Gasteiger partial charge < -0.3 is 35.1 Å². The molecule has 4 heterocycles. The zero-order valence-corrected chi connectivity index (χ0v) is 25.8. The van der Waals surface area contributed by atoms with E-state index < -0.39 is 11.1 Å². The lowest BCUT2D eigenvalue weighted by Crippen LogP contribution is -2.50. The van der Waals surface area contributed by atoms with E-state index in [1.54, 1.807) is 30.2 Å². The SMILES string of the molecule is BC(B)(B)NC(=O)c1nnc(Nc2ccc(OC)nn2)cc1Nc1cccc(-c2csc(C(=O)N3CCOCC3)n2)c1OC. The van der Waals surface area contributed by atoms with E-state index in [9.17, 15) is 9.59 Å². The van der Waals surface area contributed by atoms with E-state index in [1.807, 2.05) is 47.1 Å². The van der Waals surface area contributed by atoms with Crippen molar-refractivity contribution in [3.8, 4) is 22.9 Å². The maximum atomic E-state index is 13.3. The number of methoxy groups -OCH3 is 2. The molecule has 4 aromatic rings. The first-order valence-corrected chi connectivity index (χ1v) is 14.6. The van der Waals surface area contributed by atoms with Crippen LogP contribution in [0.4, 0.5) is 23.0 Å². The third kappa shape index (κ3) is 7.26. The summed E-state index contributed by atoms with van der Waals surface area (Å²) >= 11 is 1.27. The minimum atomic E-state index is -0.510. The number of anilines is 4. The summed E-state index contributed by atoms with van der Waals surface area (Å²) in [4.78, 5) is 32.6. The van der Waals surface area contributed by atoms with Gasteiger partial charge in [0.2, 0.25) is 5.88 Å². The monoisotopic (exact) mass is 613 g/mol. The highest BCUT2D eigenvalue weighted by Gasteiger charge is 2.25. The maximum absolute atomic E-state index is 13.3. The molecule has 1 aliphatic heterocycles. The van der Waals surface area contributed by atoms with E-state index in [0.29, 0.717) is 77.2 Å². The topological polar surface area (TPSA) is 166 Å². The summed E-state index contributed by atoms with van der Waals surface area (Å²) in [6, 6.07) is 10.5. The molecule has 44 heavy (non-hydrogen) atoms. The molecule has 224 valence electrons. The zero-order chi connectivity index (χ0) is 31.3. The van der Waals surface area contributed by atoms with Gasteiger partial charge >= 0.3 is 0 Å². The molecule has 14 nitrogen and oxygen atoms in total.